The van der Waals surface area contributed by atoms with Crippen molar-refractivity contribution in [3.05, 3.63) is 41.6 Å². The van der Waals surface area contributed by atoms with Gasteiger partial charge in [0.05, 0.1) is 24.5 Å². The van der Waals surface area contributed by atoms with Crippen molar-refractivity contribution in [2.45, 2.75) is 38.6 Å². The molecule has 2 aromatic rings. The first kappa shape index (κ1) is 15.8. The third-order valence-corrected chi connectivity index (χ3v) is 4.36. The van der Waals surface area contributed by atoms with Gasteiger partial charge in [-0.3, -0.25) is 14.8 Å². The van der Waals surface area contributed by atoms with Crippen LogP contribution in [0.3, 0.4) is 0 Å². The molecule has 2 unspecified atom stereocenters. The molecule has 0 saturated carbocycles. The van der Waals surface area contributed by atoms with E-state index in [0.29, 0.717) is 12.5 Å². The van der Waals surface area contributed by atoms with E-state index in [4.69, 9.17) is 4.42 Å². The molecule has 3 rings (SSSR count). The van der Waals surface area contributed by atoms with E-state index in [1.54, 1.807) is 6.26 Å². The molecule has 23 heavy (non-hydrogen) atoms. The molecule has 2 aromatic heterocycles. The number of nitrogens with zero attached hydrogens (tertiary/aromatic N) is 2. The predicted octanol–water partition coefficient (Wildman–Crippen LogP) is 2.37. The molecule has 3 heterocycles. The molecule has 2 atom stereocenters. The summed E-state index contributed by atoms with van der Waals surface area (Å²) in [5, 5.41) is 10.4. The lowest BCUT2D eigenvalue weighted by Crippen LogP contribution is -2.42. The Morgan fingerprint density at radius 1 is 1.61 bits per heavy atom. The Kier molecular flexibility index (Phi) is 4.81. The summed E-state index contributed by atoms with van der Waals surface area (Å²) in [6.45, 7) is 6.21. The number of likely N-dealkylation sites (tertiary alicyclic amines) is 1. The van der Waals surface area contributed by atoms with Crippen molar-refractivity contribution in [3.8, 4) is 0 Å². The van der Waals surface area contributed by atoms with Crippen LogP contribution in [-0.2, 0) is 4.79 Å². The molecule has 1 aliphatic heterocycles. The van der Waals surface area contributed by atoms with E-state index >= 15 is 0 Å². The second-order valence-electron chi connectivity index (χ2n) is 6.35. The summed E-state index contributed by atoms with van der Waals surface area (Å²) < 4.78 is 5.32. The number of amides is 1. The Balaban J connectivity index is 1.52. The van der Waals surface area contributed by atoms with E-state index in [0.717, 1.165) is 43.1 Å². The van der Waals surface area contributed by atoms with Gasteiger partial charge in [0.1, 0.15) is 5.76 Å². The molecular formula is C17H24N4O2. The fourth-order valence-electron chi connectivity index (χ4n) is 3.19. The fourth-order valence-corrected chi connectivity index (χ4v) is 3.19. The predicted molar refractivity (Wildman–Crippen MR) is 87.0 cm³/mol. The van der Waals surface area contributed by atoms with Crippen molar-refractivity contribution >= 4 is 5.91 Å². The van der Waals surface area contributed by atoms with Crippen molar-refractivity contribution in [3.63, 3.8) is 0 Å². The lowest BCUT2D eigenvalue weighted by atomic mass is 9.94. The number of carbonyl (C=O) groups is 1. The molecule has 2 N–H and O–H groups in total. The summed E-state index contributed by atoms with van der Waals surface area (Å²) in [5.41, 5.74) is 2.19. The average Bonchev–Trinajstić information content (AvgIpc) is 3.18. The minimum atomic E-state index is -0.105. The SMILES string of the molecule is Cc1cc(C2CCCN(CC(=O)NC(C)c3ccco3)C2)n[nH]1. The van der Waals surface area contributed by atoms with E-state index in [9.17, 15) is 4.79 Å². The number of piperidine rings is 1. The third-order valence-electron chi connectivity index (χ3n) is 4.36. The quantitative estimate of drug-likeness (QED) is 0.888. The molecule has 124 valence electrons. The van der Waals surface area contributed by atoms with Gasteiger partial charge in [-0.05, 0) is 51.4 Å². The van der Waals surface area contributed by atoms with Crippen molar-refractivity contribution in [1.82, 2.24) is 20.4 Å². The van der Waals surface area contributed by atoms with Gasteiger partial charge in [-0.25, -0.2) is 0 Å². The molecule has 1 amide bonds. The van der Waals surface area contributed by atoms with Gasteiger partial charge in [-0.1, -0.05) is 0 Å². The Morgan fingerprint density at radius 3 is 3.17 bits per heavy atom. The highest BCUT2D eigenvalue weighted by atomic mass is 16.3. The largest absolute Gasteiger partial charge is 0.467 e. The number of H-pyrrole nitrogens is 1. The zero-order valence-electron chi connectivity index (χ0n) is 13.7. The van der Waals surface area contributed by atoms with Crippen LogP contribution >= 0.6 is 0 Å². The van der Waals surface area contributed by atoms with Crippen molar-refractivity contribution in [1.29, 1.82) is 0 Å². The van der Waals surface area contributed by atoms with E-state index in [1.165, 1.54) is 0 Å². The molecule has 6 nitrogen and oxygen atoms in total. The second-order valence-corrected chi connectivity index (χ2v) is 6.35. The summed E-state index contributed by atoms with van der Waals surface area (Å²) in [6, 6.07) is 5.71. The summed E-state index contributed by atoms with van der Waals surface area (Å²) >= 11 is 0. The first-order valence-corrected chi connectivity index (χ1v) is 8.19. The number of aromatic amines is 1. The number of hydrogen-bond donors (Lipinski definition) is 2. The van der Waals surface area contributed by atoms with Crippen LogP contribution in [0.25, 0.3) is 0 Å². The Bertz CT molecular complexity index is 635. The number of aromatic nitrogens is 2. The number of aryl methyl sites for hydroxylation is 1. The van der Waals surface area contributed by atoms with Crippen LogP contribution in [0.2, 0.25) is 0 Å². The third kappa shape index (κ3) is 4.01. The minimum Gasteiger partial charge on any atom is -0.467 e. The molecule has 0 bridgehead atoms. The van der Waals surface area contributed by atoms with Gasteiger partial charge in [0.15, 0.2) is 0 Å². The highest BCUT2D eigenvalue weighted by Gasteiger charge is 2.25. The summed E-state index contributed by atoms with van der Waals surface area (Å²) in [5.74, 6) is 1.22. The molecule has 6 heteroatoms. The van der Waals surface area contributed by atoms with Gasteiger partial charge in [0.2, 0.25) is 5.91 Å². The van der Waals surface area contributed by atoms with Gasteiger partial charge >= 0.3 is 0 Å². The zero-order chi connectivity index (χ0) is 16.2. The number of nitrogens with one attached hydrogen (secondary N) is 2. The molecule has 0 aromatic carbocycles. The lowest BCUT2D eigenvalue weighted by Gasteiger charge is -2.31. The maximum atomic E-state index is 12.2. The van der Waals surface area contributed by atoms with Crippen LogP contribution in [0, 0.1) is 6.92 Å². The van der Waals surface area contributed by atoms with Crippen LogP contribution in [0.15, 0.2) is 28.9 Å². The first-order chi connectivity index (χ1) is 11.1. The van der Waals surface area contributed by atoms with E-state index in [2.05, 4.69) is 26.5 Å². The summed E-state index contributed by atoms with van der Waals surface area (Å²) in [7, 11) is 0. The highest BCUT2D eigenvalue weighted by molar-refractivity contribution is 5.78. The fraction of sp³-hybridized carbons (Fsp3) is 0.529. The zero-order valence-corrected chi connectivity index (χ0v) is 13.7. The van der Waals surface area contributed by atoms with Crippen LogP contribution in [0.4, 0.5) is 0 Å². The monoisotopic (exact) mass is 316 g/mol. The number of hydrogen-bond acceptors (Lipinski definition) is 4. The molecule has 1 fully saturated rings. The number of rotatable bonds is 5. The highest BCUT2D eigenvalue weighted by Crippen LogP contribution is 2.25. The molecule has 0 aliphatic carbocycles. The average molecular weight is 316 g/mol. The van der Waals surface area contributed by atoms with Crippen LogP contribution in [-0.4, -0.2) is 40.6 Å². The Morgan fingerprint density at radius 2 is 2.48 bits per heavy atom. The smallest absolute Gasteiger partial charge is 0.234 e. The van der Waals surface area contributed by atoms with Crippen LogP contribution in [0.5, 0.6) is 0 Å². The molecule has 1 aliphatic rings. The van der Waals surface area contributed by atoms with Gasteiger partial charge < -0.3 is 9.73 Å². The van der Waals surface area contributed by atoms with Crippen LogP contribution in [0.1, 0.15) is 48.9 Å². The standard InChI is InChI=1S/C17H24N4O2/c1-12-9-15(20-19-12)14-5-3-7-21(10-14)11-17(22)18-13(2)16-6-4-8-23-16/h4,6,8-9,13-14H,3,5,7,10-11H2,1-2H3,(H,18,22)(H,19,20). The van der Waals surface area contributed by atoms with Gasteiger partial charge in [0.25, 0.3) is 0 Å². The van der Waals surface area contributed by atoms with Crippen LogP contribution < -0.4 is 5.32 Å². The van der Waals surface area contributed by atoms with Gasteiger partial charge in [-0.15, -0.1) is 0 Å². The molecule has 1 saturated heterocycles. The second kappa shape index (κ2) is 7.00. The maximum absolute atomic E-state index is 12.2. The van der Waals surface area contributed by atoms with Gasteiger partial charge in [-0.2, -0.15) is 5.10 Å². The minimum absolute atomic E-state index is 0.0350. The maximum Gasteiger partial charge on any atom is 0.234 e. The first-order valence-electron chi connectivity index (χ1n) is 8.19. The van der Waals surface area contributed by atoms with Crippen molar-refractivity contribution < 1.29 is 9.21 Å². The summed E-state index contributed by atoms with van der Waals surface area (Å²) in [4.78, 5) is 14.5. The summed E-state index contributed by atoms with van der Waals surface area (Å²) in [6.07, 6.45) is 3.85. The number of furan rings is 1. The van der Waals surface area contributed by atoms with E-state index < -0.39 is 0 Å². The lowest BCUT2D eigenvalue weighted by molar-refractivity contribution is -0.123. The molecular weight excluding hydrogens is 292 g/mol. The van der Waals surface area contributed by atoms with Crippen molar-refractivity contribution in [2.24, 2.45) is 0 Å². The number of carbonyl (C=O) groups excluding carboxylic acids is 1. The Hall–Kier alpha value is -2.08. The van der Waals surface area contributed by atoms with E-state index in [-0.39, 0.29) is 11.9 Å². The van der Waals surface area contributed by atoms with Crippen molar-refractivity contribution in [2.75, 3.05) is 19.6 Å². The topological polar surface area (TPSA) is 74.2 Å². The molecule has 0 spiro atoms. The normalized spacial score (nSPS) is 20.3. The Labute approximate surface area is 136 Å². The molecule has 0 radical (unpaired) electrons. The van der Waals surface area contributed by atoms with Gasteiger partial charge in [0, 0.05) is 18.2 Å². The van der Waals surface area contributed by atoms with E-state index in [1.807, 2.05) is 26.0 Å².